The number of benzene rings is 7. The van der Waals surface area contributed by atoms with Gasteiger partial charge in [0.15, 0.2) is 0 Å². The van der Waals surface area contributed by atoms with Crippen LogP contribution >= 0.6 is 0 Å². The summed E-state index contributed by atoms with van der Waals surface area (Å²) in [4.78, 5) is 2.43. The van der Waals surface area contributed by atoms with Crippen molar-refractivity contribution in [3.8, 4) is 5.69 Å². The quantitative estimate of drug-likeness (QED) is 0.187. The van der Waals surface area contributed by atoms with Crippen molar-refractivity contribution >= 4 is 88.3 Å². The molecule has 0 spiro atoms. The average molecular weight is 666 g/mol. The van der Waals surface area contributed by atoms with Gasteiger partial charge in [-0.05, 0) is 90.9 Å². The average Bonchev–Trinajstić information content (AvgIpc) is 3.94. The molecule has 1 unspecified atom stereocenters. The van der Waals surface area contributed by atoms with Crippen LogP contribution in [0, 0.1) is 0 Å². The van der Waals surface area contributed by atoms with Crippen LogP contribution in [0.5, 0.6) is 0 Å². The summed E-state index contributed by atoms with van der Waals surface area (Å²) in [7, 11) is 0. The summed E-state index contributed by atoms with van der Waals surface area (Å²) in [5, 5.41) is 7.28. The van der Waals surface area contributed by atoms with E-state index in [1.807, 2.05) is 6.07 Å². The second-order valence-electron chi connectivity index (χ2n) is 14.1. The minimum atomic E-state index is 0.318. The Bertz CT molecular complexity index is 3170. The first-order valence-electron chi connectivity index (χ1n) is 18.0. The van der Waals surface area contributed by atoms with Gasteiger partial charge in [0, 0.05) is 72.7 Å². The Hall–Kier alpha value is -6.78. The Labute approximate surface area is 299 Å². The lowest BCUT2D eigenvalue weighted by molar-refractivity contribution is 0.669. The van der Waals surface area contributed by atoms with Crippen LogP contribution in [0.15, 0.2) is 174 Å². The predicted octanol–water partition coefficient (Wildman–Crippen LogP) is 13.2. The summed E-state index contributed by atoms with van der Waals surface area (Å²) in [6, 6.07) is 55.1. The van der Waals surface area contributed by atoms with Gasteiger partial charge in [-0.25, -0.2) is 0 Å². The molecule has 12 rings (SSSR count). The Morgan fingerprint density at radius 1 is 0.500 bits per heavy atom. The van der Waals surface area contributed by atoms with Crippen molar-refractivity contribution in [3.63, 3.8) is 0 Å². The molecule has 1 aliphatic carbocycles. The molecule has 4 heteroatoms. The molecule has 3 aromatic heterocycles. The maximum Gasteiger partial charge on any atom is 0.137 e. The highest BCUT2D eigenvalue weighted by atomic mass is 16.3. The maximum atomic E-state index is 6.49. The van der Waals surface area contributed by atoms with Gasteiger partial charge in [0.25, 0.3) is 0 Å². The second-order valence-corrected chi connectivity index (χ2v) is 14.1. The Balaban J connectivity index is 1.15. The summed E-state index contributed by atoms with van der Waals surface area (Å²) >= 11 is 0. The summed E-state index contributed by atoms with van der Waals surface area (Å²) in [5.41, 5.74) is 14.0. The van der Waals surface area contributed by atoms with Crippen molar-refractivity contribution in [2.45, 2.75) is 12.3 Å². The number of furan rings is 1. The molecule has 0 bridgehead atoms. The van der Waals surface area contributed by atoms with Crippen molar-refractivity contribution in [2.24, 2.45) is 0 Å². The number of allylic oxidation sites excluding steroid dienone is 4. The molecule has 0 radical (unpaired) electrons. The number of nitrogens with zero attached hydrogens (tertiary/aromatic N) is 3. The number of aromatic nitrogens is 2. The molecule has 4 nitrogen and oxygen atoms in total. The fraction of sp³-hybridized carbons (Fsp3) is 0.0417. The van der Waals surface area contributed by atoms with Crippen molar-refractivity contribution in [2.75, 3.05) is 4.90 Å². The van der Waals surface area contributed by atoms with E-state index in [2.05, 4.69) is 178 Å². The van der Waals surface area contributed by atoms with Crippen molar-refractivity contribution in [1.29, 1.82) is 0 Å². The van der Waals surface area contributed by atoms with Gasteiger partial charge in [-0.3, -0.25) is 0 Å². The van der Waals surface area contributed by atoms with E-state index in [4.69, 9.17) is 4.42 Å². The van der Waals surface area contributed by atoms with E-state index in [9.17, 15) is 0 Å². The molecule has 0 saturated carbocycles. The molecule has 10 aromatic rings. The molecule has 0 saturated heterocycles. The molecule has 1 atom stereocenters. The van der Waals surface area contributed by atoms with Crippen LogP contribution in [0.2, 0.25) is 0 Å². The molecule has 7 aromatic carbocycles. The highest BCUT2D eigenvalue weighted by Gasteiger charge is 2.33. The summed E-state index contributed by atoms with van der Waals surface area (Å²) in [6.45, 7) is 0. The summed E-state index contributed by atoms with van der Waals surface area (Å²) in [6.07, 6.45) is 7.83. The van der Waals surface area contributed by atoms with Gasteiger partial charge >= 0.3 is 0 Å². The summed E-state index contributed by atoms with van der Waals surface area (Å²) < 4.78 is 11.4. The number of hydrogen-bond acceptors (Lipinski definition) is 2. The molecular formula is C48H31N3O. The largest absolute Gasteiger partial charge is 0.456 e. The van der Waals surface area contributed by atoms with Crippen molar-refractivity contribution in [3.05, 3.63) is 175 Å². The molecule has 52 heavy (non-hydrogen) atoms. The van der Waals surface area contributed by atoms with Crippen LogP contribution in [-0.4, -0.2) is 9.13 Å². The molecular weight excluding hydrogens is 635 g/mol. The fourth-order valence-electron chi connectivity index (χ4n) is 9.17. The Morgan fingerprint density at radius 3 is 2.02 bits per heavy atom. The van der Waals surface area contributed by atoms with Crippen LogP contribution in [0.4, 0.5) is 17.1 Å². The fourth-order valence-corrected chi connectivity index (χ4v) is 9.17. The zero-order chi connectivity index (χ0) is 33.9. The second kappa shape index (κ2) is 10.4. The molecule has 244 valence electrons. The van der Waals surface area contributed by atoms with Gasteiger partial charge in [0.05, 0.1) is 22.1 Å². The lowest BCUT2D eigenvalue weighted by Crippen LogP contribution is -2.11. The van der Waals surface area contributed by atoms with Crippen molar-refractivity contribution in [1.82, 2.24) is 9.13 Å². The monoisotopic (exact) mass is 665 g/mol. The third-order valence-corrected chi connectivity index (χ3v) is 11.4. The smallest absolute Gasteiger partial charge is 0.137 e. The van der Waals surface area contributed by atoms with Gasteiger partial charge < -0.3 is 18.5 Å². The lowest BCUT2D eigenvalue weighted by Gasteiger charge is -2.27. The molecule has 0 amide bonds. The third kappa shape index (κ3) is 3.76. The van der Waals surface area contributed by atoms with Crippen LogP contribution in [0.3, 0.4) is 0 Å². The SMILES string of the molecule is C1=CCC2C(=C1)n1c3ccccc3c3cc(N(c4ccc5c(c4)oc4ccccc45)c4ccc5c(c4)c4ccccc4n5-c4ccccc4)cc2c31. The van der Waals surface area contributed by atoms with E-state index in [1.165, 1.54) is 54.9 Å². The van der Waals surface area contributed by atoms with Crippen molar-refractivity contribution < 1.29 is 4.42 Å². The van der Waals surface area contributed by atoms with Gasteiger partial charge in [-0.2, -0.15) is 0 Å². The Kier molecular flexibility index (Phi) is 5.58. The van der Waals surface area contributed by atoms with Crippen LogP contribution < -0.4 is 4.90 Å². The van der Waals surface area contributed by atoms with Gasteiger partial charge in [0.1, 0.15) is 11.2 Å². The third-order valence-electron chi connectivity index (χ3n) is 11.4. The number of para-hydroxylation sites is 4. The Morgan fingerprint density at radius 2 is 1.15 bits per heavy atom. The molecule has 0 fully saturated rings. The summed E-state index contributed by atoms with van der Waals surface area (Å²) in [5.74, 6) is 0.318. The van der Waals surface area contributed by atoms with Crippen LogP contribution in [-0.2, 0) is 0 Å². The lowest BCUT2D eigenvalue weighted by atomic mass is 9.90. The first-order valence-corrected chi connectivity index (χ1v) is 18.0. The predicted molar refractivity (Wildman–Crippen MR) is 217 cm³/mol. The highest BCUT2D eigenvalue weighted by molar-refractivity contribution is 6.16. The van der Waals surface area contributed by atoms with Gasteiger partial charge in [0.2, 0.25) is 0 Å². The molecule has 4 heterocycles. The maximum absolute atomic E-state index is 6.49. The number of rotatable bonds is 4. The topological polar surface area (TPSA) is 26.2 Å². The zero-order valence-corrected chi connectivity index (χ0v) is 28.2. The van der Waals surface area contributed by atoms with E-state index in [-0.39, 0.29) is 0 Å². The number of anilines is 3. The first kappa shape index (κ1) is 28.0. The van der Waals surface area contributed by atoms with E-state index in [1.54, 1.807) is 0 Å². The van der Waals surface area contributed by atoms with E-state index < -0.39 is 0 Å². The number of hydrogen-bond donors (Lipinski definition) is 0. The number of fused-ring (bicyclic) bond motifs is 12. The highest BCUT2D eigenvalue weighted by Crippen LogP contribution is 2.52. The molecule has 2 aliphatic rings. The standard InChI is InChI=1S/C48H31N3O/c1-2-12-30(13-3-1)50-42-18-8-4-14-34(42)39-26-31(23-25-45(39)50)49(32-22-24-38-37-17-7-11-21-46(37)52-47(38)29-32)33-27-40-35-15-5-9-19-43(35)51-44-20-10-6-16-36(44)41(28-33)48(40)51/h1-15,17-29,36H,16H2. The first-order chi connectivity index (χ1) is 25.8. The minimum absolute atomic E-state index is 0.318. The van der Waals surface area contributed by atoms with Crippen LogP contribution in [0.25, 0.3) is 76.9 Å². The van der Waals surface area contributed by atoms with E-state index >= 15 is 0 Å². The van der Waals surface area contributed by atoms with E-state index in [0.29, 0.717) is 5.92 Å². The van der Waals surface area contributed by atoms with Gasteiger partial charge in [-0.15, -0.1) is 0 Å². The normalized spacial score (nSPS) is 15.1. The molecule has 0 N–H and O–H groups in total. The van der Waals surface area contributed by atoms with Crippen LogP contribution in [0.1, 0.15) is 17.9 Å². The molecule has 1 aliphatic heterocycles. The van der Waals surface area contributed by atoms with E-state index in [0.717, 1.165) is 51.1 Å². The van der Waals surface area contributed by atoms with Gasteiger partial charge in [-0.1, -0.05) is 84.9 Å². The zero-order valence-electron chi connectivity index (χ0n) is 28.2. The minimum Gasteiger partial charge on any atom is -0.456 e.